The van der Waals surface area contributed by atoms with Gasteiger partial charge in [0.15, 0.2) is 11.5 Å². The van der Waals surface area contributed by atoms with Crippen LogP contribution in [0.25, 0.3) is 10.9 Å². The Kier molecular flexibility index (Phi) is 4.39. The monoisotopic (exact) mass is 366 g/mol. The molecule has 2 aromatic carbocycles. The summed E-state index contributed by atoms with van der Waals surface area (Å²) in [6.45, 7) is 0. The third-order valence-electron chi connectivity index (χ3n) is 5.12. The lowest BCUT2D eigenvalue weighted by Crippen LogP contribution is -2.27. The van der Waals surface area contributed by atoms with Gasteiger partial charge in [0, 0.05) is 10.9 Å². The number of rotatable bonds is 5. The highest BCUT2D eigenvalue weighted by molar-refractivity contribution is 5.99. The summed E-state index contributed by atoms with van der Waals surface area (Å²) in [4.78, 5) is 16.0. The van der Waals surface area contributed by atoms with Gasteiger partial charge in [0.2, 0.25) is 0 Å². The van der Waals surface area contributed by atoms with E-state index >= 15 is 0 Å². The third-order valence-corrected chi connectivity index (χ3v) is 5.12. The molecule has 0 fully saturated rings. The fourth-order valence-corrected chi connectivity index (χ4v) is 3.75. The van der Waals surface area contributed by atoms with Crippen molar-refractivity contribution < 1.29 is 19.0 Å². The van der Waals surface area contributed by atoms with Crippen LogP contribution in [0.2, 0.25) is 0 Å². The summed E-state index contributed by atoms with van der Waals surface area (Å²) in [5, 5.41) is 4.02. The molecule has 0 saturated heterocycles. The second-order valence-electron chi connectivity index (χ2n) is 6.58. The van der Waals surface area contributed by atoms with Crippen LogP contribution in [-0.2, 0) is 6.42 Å². The number of benzene rings is 2. The quantitative estimate of drug-likeness (QED) is 0.724. The van der Waals surface area contributed by atoms with Crippen molar-refractivity contribution >= 4 is 16.8 Å². The minimum absolute atomic E-state index is 0.0550. The molecule has 0 radical (unpaired) electrons. The molecular formula is C21H22N2O4. The van der Waals surface area contributed by atoms with Gasteiger partial charge < -0.3 is 24.5 Å². The van der Waals surface area contributed by atoms with E-state index in [0.29, 0.717) is 17.2 Å². The van der Waals surface area contributed by atoms with Crippen molar-refractivity contribution in [2.75, 3.05) is 21.3 Å². The first-order valence-electron chi connectivity index (χ1n) is 8.86. The van der Waals surface area contributed by atoms with Gasteiger partial charge in [-0.25, -0.2) is 0 Å². The number of hydrogen-bond donors (Lipinski definition) is 2. The van der Waals surface area contributed by atoms with Gasteiger partial charge in [0.05, 0.1) is 27.4 Å². The first kappa shape index (κ1) is 17.3. The maximum Gasteiger partial charge on any atom is 0.268 e. The number of fused-ring (bicyclic) bond motifs is 2. The summed E-state index contributed by atoms with van der Waals surface area (Å²) in [5.41, 5.74) is 3.65. The van der Waals surface area contributed by atoms with Crippen LogP contribution in [0.5, 0.6) is 17.2 Å². The first-order chi connectivity index (χ1) is 13.1. The molecule has 1 aliphatic rings. The van der Waals surface area contributed by atoms with Crippen LogP contribution in [-0.4, -0.2) is 32.2 Å². The van der Waals surface area contributed by atoms with Gasteiger partial charge in [-0.3, -0.25) is 4.79 Å². The van der Waals surface area contributed by atoms with Crippen LogP contribution in [0.1, 0.15) is 34.1 Å². The van der Waals surface area contributed by atoms with Crippen molar-refractivity contribution in [3.8, 4) is 17.2 Å². The van der Waals surface area contributed by atoms with E-state index in [0.717, 1.165) is 35.1 Å². The predicted octanol–water partition coefficient (Wildman–Crippen LogP) is 3.61. The van der Waals surface area contributed by atoms with Gasteiger partial charge >= 0.3 is 0 Å². The lowest BCUT2D eigenvalue weighted by Gasteiger charge is -2.16. The molecule has 1 aromatic heterocycles. The SMILES string of the molecule is COc1cc2c(cc1OC)[C@@H](NC(=O)c1cc3c(OC)cccc3[nH]1)CC2. The number of carbonyl (C=O) groups is 1. The number of nitrogens with one attached hydrogen (secondary N) is 2. The van der Waals surface area contributed by atoms with Crippen molar-refractivity contribution in [1.82, 2.24) is 10.3 Å². The fraction of sp³-hybridized carbons (Fsp3) is 0.286. The molecule has 6 nitrogen and oxygen atoms in total. The van der Waals surface area contributed by atoms with Crippen LogP contribution < -0.4 is 19.5 Å². The second-order valence-corrected chi connectivity index (χ2v) is 6.58. The Bertz CT molecular complexity index is 1010. The van der Waals surface area contributed by atoms with Crippen molar-refractivity contribution in [1.29, 1.82) is 0 Å². The van der Waals surface area contributed by atoms with E-state index in [2.05, 4.69) is 10.3 Å². The Morgan fingerprint density at radius 1 is 1.04 bits per heavy atom. The van der Waals surface area contributed by atoms with Gasteiger partial charge in [-0.2, -0.15) is 0 Å². The minimum Gasteiger partial charge on any atom is -0.496 e. The topological polar surface area (TPSA) is 72.6 Å². The molecule has 1 atom stereocenters. The average molecular weight is 366 g/mol. The summed E-state index contributed by atoms with van der Waals surface area (Å²) in [5.74, 6) is 1.99. The van der Waals surface area contributed by atoms with E-state index in [4.69, 9.17) is 14.2 Å². The van der Waals surface area contributed by atoms with Crippen molar-refractivity contribution in [2.45, 2.75) is 18.9 Å². The Hall–Kier alpha value is -3.15. The molecule has 27 heavy (non-hydrogen) atoms. The van der Waals surface area contributed by atoms with E-state index in [-0.39, 0.29) is 11.9 Å². The van der Waals surface area contributed by atoms with Gasteiger partial charge in [-0.1, -0.05) is 6.07 Å². The number of methoxy groups -OCH3 is 3. The van der Waals surface area contributed by atoms with E-state index in [1.165, 1.54) is 5.56 Å². The van der Waals surface area contributed by atoms with Crippen molar-refractivity contribution in [3.63, 3.8) is 0 Å². The summed E-state index contributed by atoms with van der Waals surface area (Å²) in [7, 11) is 4.87. The molecule has 0 spiro atoms. The highest BCUT2D eigenvalue weighted by Crippen LogP contribution is 2.39. The molecule has 6 heteroatoms. The fourth-order valence-electron chi connectivity index (χ4n) is 3.75. The molecule has 3 aromatic rings. The normalized spacial score (nSPS) is 15.4. The number of carbonyl (C=O) groups excluding carboxylic acids is 1. The van der Waals surface area contributed by atoms with Gasteiger partial charge in [0.1, 0.15) is 11.4 Å². The summed E-state index contributed by atoms with van der Waals surface area (Å²) >= 11 is 0. The molecule has 140 valence electrons. The minimum atomic E-state index is -0.138. The lowest BCUT2D eigenvalue weighted by atomic mass is 10.1. The van der Waals surface area contributed by atoms with Crippen LogP contribution >= 0.6 is 0 Å². The van der Waals surface area contributed by atoms with Crippen LogP contribution in [0.4, 0.5) is 0 Å². The number of amides is 1. The molecule has 1 heterocycles. The molecule has 0 unspecified atom stereocenters. The zero-order chi connectivity index (χ0) is 19.0. The Morgan fingerprint density at radius 2 is 1.78 bits per heavy atom. The highest BCUT2D eigenvalue weighted by atomic mass is 16.5. The molecule has 0 bridgehead atoms. The van der Waals surface area contributed by atoms with E-state index in [1.807, 2.05) is 36.4 Å². The number of ether oxygens (including phenoxy) is 3. The zero-order valence-electron chi connectivity index (χ0n) is 15.6. The molecule has 4 rings (SSSR count). The molecule has 0 saturated carbocycles. The summed E-state index contributed by atoms with van der Waals surface area (Å²) < 4.78 is 16.2. The third kappa shape index (κ3) is 2.97. The smallest absolute Gasteiger partial charge is 0.268 e. The largest absolute Gasteiger partial charge is 0.496 e. The van der Waals surface area contributed by atoms with Gasteiger partial charge in [-0.15, -0.1) is 0 Å². The molecule has 1 aliphatic carbocycles. The number of aromatic amines is 1. The summed E-state index contributed by atoms with van der Waals surface area (Å²) in [6.07, 6.45) is 1.74. The second kappa shape index (κ2) is 6.87. The van der Waals surface area contributed by atoms with Gasteiger partial charge in [-0.05, 0) is 54.3 Å². The maximum absolute atomic E-state index is 12.8. The maximum atomic E-state index is 12.8. The van der Waals surface area contributed by atoms with Gasteiger partial charge in [0.25, 0.3) is 5.91 Å². The number of H-pyrrole nitrogens is 1. The van der Waals surface area contributed by atoms with Crippen LogP contribution in [0.3, 0.4) is 0 Å². The molecule has 1 amide bonds. The standard InChI is InChI=1S/C21H22N2O4/c1-25-18-6-4-5-15-14(18)10-17(22-15)21(24)23-16-8-7-12-9-19(26-2)20(27-3)11-13(12)16/h4-6,9-11,16,22H,7-8H2,1-3H3,(H,23,24)/t16-/m0/s1. The Balaban J connectivity index is 1.60. The number of aromatic nitrogens is 1. The predicted molar refractivity (Wildman–Crippen MR) is 103 cm³/mol. The molecule has 2 N–H and O–H groups in total. The van der Waals surface area contributed by atoms with Crippen LogP contribution in [0, 0.1) is 0 Å². The van der Waals surface area contributed by atoms with Crippen molar-refractivity contribution in [3.05, 3.63) is 53.2 Å². The lowest BCUT2D eigenvalue weighted by molar-refractivity contribution is 0.0932. The Labute approximate surface area is 157 Å². The number of hydrogen-bond acceptors (Lipinski definition) is 4. The zero-order valence-corrected chi connectivity index (χ0v) is 15.6. The average Bonchev–Trinajstić information content (AvgIpc) is 3.30. The Morgan fingerprint density at radius 3 is 2.52 bits per heavy atom. The number of aryl methyl sites for hydroxylation is 1. The van der Waals surface area contributed by atoms with E-state index in [1.54, 1.807) is 21.3 Å². The highest BCUT2D eigenvalue weighted by Gasteiger charge is 2.27. The van der Waals surface area contributed by atoms with Crippen LogP contribution in [0.15, 0.2) is 36.4 Å². The summed E-state index contributed by atoms with van der Waals surface area (Å²) in [6, 6.07) is 11.4. The van der Waals surface area contributed by atoms with E-state index in [9.17, 15) is 4.79 Å². The van der Waals surface area contributed by atoms with E-state index < -0.39 is 0 Å². The van der Waals surface area contributed by atoms with Crippen molar-refractivity contribution in [2.24, 2.45) is 0 Å². The first-order valence-corrected chi connectivity index (χ1v) is 8.86. The molecular weight excluding hydrogens is 344 g/mol. The molecule has 0 aliphatic heterocycles.